The van der Waals surface area contributed by atoms with E-state index in [4.69, 9.17) is 18.9 Å². The second-order valence-electron chi connectivity index (χ2n) is 8.23. The third-order valence-corrected chi connectivity index (χ3v) is 4.53. The van der Waals surface area contributed by atoms with Crippen molar-refractivity contribution in [2.75, 3.05) is 12.4 Å². The minimum absolute atomic E-state index is 0.310. The maximum atomic E-state index is 12.6. The summed E-state index contributed by atoms with van der Waals surface area (Å²) in [5.74, 6) is 0.264. The van der Waals surface area contributed by atoms with Gasteiger partial charge in [0.15, 0.2) is 17.6 Å². The number of nitrogens with one attached hydrogen (secondary N) is 1. The molecule has 0 aliphatic carbocycles. The highest BCUT2D eigenvalue weighted by Crippen LogP contribution is 2.31. The first-order valence-corrected chi connectivity index (χ1v) is 10.1. The number of esters is 1. The van der Waals surface area contributed by atoms with Gasteiger partial charge in [0.05, 0.1) is 7.11 Å². The standard InChI is InChI=1S/C23H28N2O6/c1-23(2,3)31-22(27)19-10-9-18(30-19)21(26)25-16-7-8-17(28-4)20(12-16)29-14-15-6-5-11-24-13-15/h5-8,11-13,18-19H,9-10,14H2,1-4H3,(H,25,26)/t18-,19+/m1/s1. The van der Waals surface area contributed by atoms with Crippen molar-refractivity contribution in [1.82, 2.24) is 4.98 Å². The number of anilines is 1. The SMILES string of the molecule is COc1ccc(NC(=O)[C@H]2CC[C@@H](C(=O)OC(C)(C)C)O2)cc1OCc1cccnc1. The van der Waals surface area contributed by atoms with Crippen LogP contribution in [-0.2, 0) is 25.7 Å². The molecule has 1 fully saturated rings. The van der Waals surface area contributed by atoms with Gasteiger partial charge in [0.25, 0.3) is 5.91 Å². The highest BCUT2D eigenvalue weighted by molar-refractivity contribution is 5.95. The zero-order chi connectivity index (χ0) is 22.4. The van der Waals surface area contributed by atoms with E-state index in [1.165, 1.54) is 0 Å². The average molecular weight is 428 g/mol. The number of pyridine rings is 1. The Morgan fingerprint density at radius 3 is 2.61 bits per heavy atom. The van der Waals surface area contributed by atoms with Crippen LogP contribution < -0.4 is 14.8 Å². The zero-order valence-corrected chi connectivity index (χ0v) is 18.2. The number of amides is 1. The molecule has 0 radical (unpaired) electrons. The Balaban J connectivity index is 1.60. The van der Waals surface area contributed by atoms with Crippen molar-refractivity contribution in [2.24, 2.45) is 0 Å². The van der Waals surface area contributed by atoms with Crippen LogP contribution in [0.2, 0.25) is 0 Å². The largest absolute Gasteiger partial charge is 0.493 e. The van der Waals surface area contributed by atoms with E-state index in [1.807, 2.05) is 12.1 Å². The number of hydrogen-bond donors (Lipinski definition) is 1. The van der Waals surface area contributed by atoms with Crippen LogP contribution in [0.15, 0.2) is 42.7 Å². The van der Waals surface area contributed by atoms with Crippen molar-refractivity contribution < 1.29 is 28.5 Å². The summed E-state index contributed by atoms with van der Waals surface area (Å²) in [6.45, 7) is 5.69. The molecule has 1 N–H and O–H groups in total. The lowest BCUT2D eigenvalue weighted by atomic mass is 10.1. The number of ether oxygens (including phenoxy) is 4. The molecule has 1 aliphatic heterocycles. The fraction of sp³-hybridized carbons (Fsp3) is 0.435. The minimum atomic E-state index is -0.732. The molecule has 2 heterocycles. The third-order valence-electron chi connectivity index (χ3n) is 4.53. The van der Waals surface area contributed by atoms with Gasteiger partial charge in [-0.05, 0) is 51.8 Å². The van der Waals surface area contributed by atoms with Crippen LogP contribution in [0.1, 0.15) is 39.2 Å². The van der Waals surface area contributed by atoms with E-state index < -0.39 is 23.8 Å². The van der Waals surface area contributed by atoms with Crippen LogP contribution in [0.3, 0.4) is 0 Å². The third kappa shape index (κ3) is 6.42. The van der Waals surface area contributed by atoms with Gasteiger partial charge in [0.1, 0.15) is 18.3 Å². The van der Waals surface area contributed by atoms with E-state index >= 15 is 0 Å². The van der Waals surface area contributed by atoms with Gasteiger partial charge in [0.2, 0.25) is 0 Å². The molecule has 0 saturated carbocycles. The fourth-order valence-electron chi connectivity index (χ4n) is 3.11. The lowest BCUT2D eigenvalue weighted by Crippen LogP contribution is -2.34. The lowest BCUT2D eigenvalue weighted by Gasteiger charge is -2.22. The van der Waals surface area contributed by atoms with E-state index in [0.717, 1.165) is 5.56 Å². The first-order chi connectivity index (χ1) is 14.7. The molecule has 8 nitrogen and oxygen atoms in total. The quantitative estimate of drug-likeness (QED) is 0.674. The number of carbonyl (C=O) groups excluding carboxylic acids is 2. The summed E-state index contributed by atoms with van der Waals surface area (Å²) in [4.78, 5) is 28.9. The first kappa shape index (κ1) is 22.6. The molecular weight excluding hydrogens is 400 g/mol. The lowest BCUT2D eigenvalue weighted by molar-refractivity contribution is -0.168. The molecule has 3 rings (SSSR count). The number of benzene rings is 1. The summed E-state index contributed by atoms with van der Waals surface area (Å²) < 4.78 is 22.2. The van der Waals surface area contributed by atoms with Gasteiger partial charge >= 0.3 is 5.97 Å². The highest BCUT2D eigenvalue weighted by Gasteiger charge is 2.37. The molecular formula is C23H28N2O6. The average Bonchev–Trinajstić information content (AvgIpc) is 3.23. The number of nitrogens with zero attached hydrogens (tertiary/aromatic N) is 1. The maximum Gasteiger partial charge on any atom is 0.335 e. The van der Waals surface area contributed by atoms with Gasteiger partial charge in [-0.15, -0.1) is 0 Å². The Bertz CT molecular complexity index is 910. The summed E-state index contributed by atoms with van der Waals surface area (Å²) in [6.07, 6.45) is 2.84. The summed E-state index contributed by atoms with van der Waals surface area (Å²) in [7, 11) is 1.55. The summed E-state index contributed by atoms with van der Waals surface area (Å²) >= 11 is 0. The molecule has 2 aromatic rings. The Hall–Kier alpha value is -3.13. The van der Waals surface area contributed by atoms with Crippen molar-refractivity contribution >= 4 is 17.6 Å². The Labute approximate surface area is 181 Å². The molecule has 1 aromatic heterocycles. The predicted octanol–water partition coefficient (Wildman–Crippen LogP) is 3.50. The van der Waals surface area contributed by atoms with Gasteiger partial charge in [-0.3, -0.25) is 9.78 Å². The summed E-state index contributed by atoms with van der Waals surface area (Å²) in [5.41, 5.74) is 0.846. The molecule has 2 atom stereocenters. The van der Waals surface area contributed by atoms with Gasteiger partial charge in [-0.2, -0.15) is 0 Å². The van der Waals surface area contributed by atoms with Crippen molar-refractivity contribution in [2.45, 2.75) is 58.0 Å². The maximum absolute atomic E-state index is 12.6. The van der Waals surface area contributed by atoms with Crippen molar-refractivity contribution in [1.29, 1.82) is 0 Å². The fourth-order valence-corrected chi connectivity index (χ4v) is 3.11. The van der Waals surface area contributed by atoms with Gasteiger partial charge in [0, 0.05) is 29.7 Å². The molecule has 0 spiro atoms. The van der Waals surface area contributed by atoms with E-state index in [1.54, 1.807) is 58.5 Å². The van der Waals surface area contributed by atoms with E-state index in [0.29, 0.717) is 36.6 Å². The monoisotopic (exact) mass is 428 g/mol. The molecule has 0 unspecified atom stereocenters. The van der Waals surface area contributed by atoms with Gasteiger partial charge < -0.3 is 24.3 Å². The summed E-state index contributed by atoms with van der Waals surface area (Å²) in [5, 5.41) is 2.82. The molecule has 0 bridgehead atoms. The van der Waals surface area contributed by atoms with Crippen LogP contribution in [0.5, 0.6) is 11.5 Å². The minimum Gasteiger partial charge on any atom is -0.493 e. The molecule has 31 heavy (non-hydrogen) atoms. The van der Waals surface area contributed by atoms with Crippen molar-refractivity contribution in [3.8, 4) is 11.5 Å². The highest BCUT2D eigenvalue weighted by atomic mass is 16.6. The van der Waals surface area contributed by atoms with Crippen LogP contribution in [0.25, 0.3) is 0 Å². The zero-order valence-electron chi connectivity index (χ0n) is 18.2. The van der Waals surface area contributed by atoms with Crippen LogP contribution in [0.4, 0.5) is 5.69 Å². The van der Waals surface area contributed by atoms with E-state index in [-0.39, 0.29) is 5.91 Å². The van der Waals surface area contributed by atoms with E-state index in [2.05, 4.69) is 10.3 Å². The molecule has 166 valence electrons. The molecule has 1 aliphatic rings. The van der Waals surface area contributed by atoms with Gasteiger partial charge in [-0.1, -0.05) is 6.07 Å². The predicted molar refractivity (Wildman–Crippen MR) is 114 cm³/mol. The van der Waals surface area contributed by atoms with Gasteiger partial charge in [-0.25, -0.2) is 4.79 Å². The molecule has 1 amide bonds. The van der Waals surface area contributed by atoms with Crippen LogP contribution in [0, 0.1) is 0 Å². The Morgan fingerprint density at radius 1 is 1.16 bits per heavy atom. The normalized spacial score (nSPS) is 18.3. The van der Waals surface area contributed by atoms with Crippen molar-refractivity contribution in [3.05, 3.63) is 48.3 Å². The number of carbonyl (C=O) groups is 2. The number of rotatable bonds is 7. The second kappa shape index (κ2) is 9.78. The second-order valence-corrected chi connectivity index (χ2v) is 8.23. The number of hydrogen-bond acceptors (Lipinski definition) is 7. The van der Waals surface area contributed by atoms with Crippen LogP contribution in [-0.4, -0.2) is 41.8 Å². The van der Waals surface area contributed by atoms with E-state index in [9.17, 15) is 9.59 Å². The molecule has 8 heteroatoms. The van der Waals surface area contributed by atoms with Crippen molar-refractivity contribution in [3.63, 3.8) is 0 Å². The van der Waals surface area contributed by atoms with Crippen LogP contribution >= 0.6 is 0 Å². The summed E-state index contributed by atoms with van der Waals surface area (Å²) in [6, 6.07) is 8.86. The first-order valence-electron chi connectivity index (χ1n) is 10.1. The molecule has 1 saturated heterocycles. The topological polar surface area (TPSA) is 96.0 Å². The Kier molecular flexibility index (Phi) is 7.12. The molecule has 1 aromatic carbocycles. The smallest absolute Gasteiger partial charge is 0.335 e. The Morgan fingerprint density at radius 2 is 1.94 bits per heavy atom. The number of methoxy groups -OCH3 is 1. The number of aromatic nitrogens is 1.